The molecule has 19 nitrogen and oxygen atoms in total. The Hall–Kier alpha value is -3.67. The number of carbonyl (C=O) groups excluding carboxylic acids is 3. The maximum Gasteiger partial charge on any atom is 0.202 e. The van der Waals surface area contributed by atoms with Crippen LogP contribution in [0.5, 0.6) is 17.2 Å². The highest BCUT2D eigenvalue weighted by Crippen LogP contribution is 2.58. The molecule has 0 aromatic heterocycles. The molecule has 67 heavy (non-hydrogen) atoms. The number of hydrogen-bond donors (Lipinski definition) is 5. The molecule has 5 saturated heterocycles. The van der Waals surface area contributed by atoms with Gasteiger partial charge in [-0.3, -0.25) is 14.4 Å². The highest BCUT2D eigenvalue weighted by molar-refractivity contribution is 6.31. The maximum absolute atomic E-state index is 14.3. The third-order valence-corrected chi connectivity index (χ3v) is 15.0. The molecule has 19 heteroatoms. The topological polar surface area (TPSA) is 242 Å². The van der Waals surface area contributed by atoms with E-state index in [0.29, 0.717) is 6.42 Å². The largest absolute Gasteiger partial charge is 0.507 e. The number of fused-ring (bicyclic) bond motifs is 5. The van der Waals surface area contributed by atoms with Crippen molar-refractivity contribution in [2.24, 2.45) is 0 Å². The molecule has 0 spiro atoms. The van der Waals surface area contributed by atoms with Crippen molar-refractivity contribution in [2.45, 2.75) is 183 Å². The number of ketones is 3. The monoisotopic (exact) mass is 940 g/mol. The quantitative estimate of drug-likeness (QED) is 0.194. The highest BCUT2D eigenvalue weighted by atomic mass is 16.8. The molecule has 0 amide bonds. The van der Waals surface area contributed by atoms with Gasteiger partial charge in [0.05, 0.1) is 58.9 Å². The summed E-state index contributed by atoms with van der Waals surface area (Å²) in [6.07, 6.45) is -10.6. The zero-order valence-corrected chi connectivity index (χ0v) is 39.3. The Bertz CT molecular complexity index is 2260. The Kier molecular flexibility index (Phi) is 13.2. The van der Waals surface area contributed by atoms with Gasteiger partial charge in [0.1, 0.15) is 47.8 Å². The van der Waals surface area contributed by atoms with E-state index in [9.17, 15) is 39.9 Å². The SMILES string of the molecule is CC[C@]1(O)C[C@@H](O[C@@H]2C[C@H](N(C)C)[C@H](O)[C@H](C)O2)c2c(O)c3c(c(O)c2[C@H]1O[C@@H]1C[C@H](N(C)C)[C@H](O[C@H]2C[C@@H]4O[C@H]5CC(=O)[C@H](C)O[C@@H]5O[C@@H]4[C@H](C)O2)[C@H](C)O1)C(=O)c1cccc(O)c1C3=O. The predicted molar refractivity (Wildman–Crippen MR) is 232 cm³/mol. The molecule has 5 aliphatic heterocycles. The summed E-state index contributed by atoms with van der Waals surface area (Å²) in [7, 11) is 7.41. The number of benzene rings is 2. The smallest absolute Gasteiger partial charge is 0.202 e. The van der Waals surface area contributed by atoms with E-state index >= 15 is 0 Å². The van der Waals surface area contributed by atoms with Crippen LogP contribution in [0.25, 0.3) is 0 Å². The zero-order chi connectivity index (χ0) is 48.1. The Morgan fingerprint density at radius 2 is 1.33 bits per heavy atom. The Balaban J connectivity index is 1.02. The van der Waals surface area contributed by atoms with Crippen LogP contribution < -0.4 is 0 Å². The molecule has 2 aliphatic carbocycles. The van der Waals surface area contributed by atoms with Gasteiger partial charge in [0, 0.05) is 60.9 Å². The minimum Gasteiger partial charge on any atom is -0.507 e. The first kappa shape index (κ1) is 48.4. The lowest BCUT2D eigenvalue weighted by molar-refractivity contribution is -0.372. The van der Waals surface area contributed by atoms with Crippen LogP contribution in [0.1, 0.15) is 128 Å². The number of carbonyl (C=O) groups is 3. The summed E-state index contributed by atoms with van der Waals surface area (Å²) in [6.45, 7) is 8.84. The molecule has 7 aliphatic rings. The second kappa shape index (κ2) is 18.3. The number of likely N-dealkylation sites (N-methyl/N-ethyl adjacent to an activating group) is 2. The van der Waals surface area contributed by atoms with Gasteiger partial charge in [-0.05, 0) is 68.4 Å². The summed E-state index contributed by atoms with van der Waals surface area (Å²) in [4.78, 5) is 44.8. The van der Waals surface area contributed by atoms with Gasteiger partial charge < -0.3 is 78.0 Å². The summed E-state index contributed by atoms with van der Waals surface area (Å²) >= 11 is 0. The molecule has 0 saturated carbocycles. The summed E-state index contributed by atoms with van der Waals surface area (Å²) < 4.78 is 57.6. The third-order valence-electron chi connectivity index (χ3n) is 15.0. The van der Waals surface area contributed by atoms with Crippen LogP contribution in [-0.2, 0) is 47.4 Å². The van der Waals surface area contributed by atoms with E-state index < -0.39 is 138 Å². The Labute approximate surface area is 389 Å². The van der Waals surface area contributed by atoms with E-state index in [1.165, 1.54) is 18.2 Å². The first-order valence-electron chi connectivity index (χ1n) is 23.4. The molecule has 18 atom stereocenters. The van der Waals surface area contributed by atoms with Gasteiger partial charge in [0.2, 0.25) is 5.78 Å². The fraction of sp³-hybridized carbons (Fsp3) is 0.688. The molecule has 5 N–H and O–H groups in total. The average molecular weight is 941 g/mol. The molecule has 5 fully saturated rings. The molecule has 368 valence electrons. The van der Waals surface area contributed by atoms with Gasteiger partial charge in [0.15, 0.2) is 36.7 Å². The first-order chi connectivity index (χ1) is 31.7. The van der Waals surface area contributed by atoms with E-state index in [-0.39, 0.29) is 72.2 Å². The minimum atomic E-state index is -1.84. The normalized spacial score (nSPS) is 40.8. The van der Waals surface area contributed by atoms with Crippen molar-refractivity contribution in [3.05, 3.63) is 51.6 Å². The number of phenolic OH excluding ortho intramolecular Hbond substituents is 3. The number of aliphatic hydroxyl groups excluding tert-OH is 1. The number of hydrogen-bond acceptors (Lipinski definition) is 19. The average Bonchev–Trinajstić information content (AvgIpc) is 3.26. The van der Waals surface area contributed by atoms with Crippen LogP contribution in [0.2, 0.25) is 0 Å². The van der Waals surface area contributed by atoms with Gasteiger partial charge >= 0.3 is 0 Å². The summed E-state index contributed by atoms with van der Waals surface area (Å²) in [5, 5.41) is 59.3. The van der Waals surface area contributed by atoms with Crippen LogP contribution in [-0.4, -0.2) is 179 Å². The lowest BCUT2D eigenvalue weighted by Gasteiger charge is -2.51. The van der Waals surface area contributed by atoms with Crippen LogP contribution >= 0.6 is 0 Å². The lowest BCUT2D eigenvalue weighted by atomic mass is 9.70. The van der Waals surface area contributed by atoms with Crippen molar-refractivity contribution < 1.29 is 82.5 Å². The van der Waals surface area contributed by atoms with E-state index in [0.717, 1.165) is 0 Å². The second-order valence-corrected chi connectivity index (χ2v) is 19.7. The molecule has 0 radical (unpaired) electrons. The van der Waals surface area contributed by atoms with E-state index in [1.54, 1.807) is 20.8 Å². The van der Waals surface area contributed by atoms with E-state index in [4.69, 9.17) is 42.6 Å². The first-order valence-corrected chi connectivity index (χ1v) is 23.4. The van der Waals surface area contributed by atoms with Crippen LogP contribution in [0, 0.1) is 0 Å². The Morgan fingerprint density at radius 1 is 0.701 bits per heavy atom. The van der Waals surface area contributed by atoms with Gasteiger partial charge in [-0.1, -0.05) is 19.1 Å². The number of phenols is 3. The number of nitrogens with zero attached hydrogens (tertiary/aromatic N) is 2. The molecular weight excluding hydrogens is 877 g/mol. The summed E-state index contributed by atoms with van der Waals surface area (Å²) in [5.41, 5.74) is -3.63. The highest BCUT2D eigenvalue weighted by Gasteiger charge is 2.56. The van der Waals surface area contributed by atoms with Gasteiger partial charge in [-0.15, -0.1) is 0 Å². The molecule has 5 heterocycles. The van der Waals surface area contributed by atoms with E-state index in [1.807, 2.05) is 51.8 Å². The molecule has 0 unspecified atom stereocenters. The molecule has 9 rings (SSSR count). The third kappa shape index (κ3) is 8.40. The molecule has 2 aromatic carbocycles. The van der Waals surface area contributed by atoms with Gasteiger partial charge in [0.25, 0.3) is 0 Å². The van der Waals surface area contributed by atoms with Crippen LogP contribution in [0.15, 0.2) is 18.2 Å². The number of aliphatic hydroxyl groups is 2. The van der Waals surface area contributed by atoms with Gasteiger partial charge in [-0.2, -0.15) is 0 Å². The lowest BCUT2D eigenvalue weighted by Crippen LogP contribution is -2.62. The second-order valence-electron chi connectivity index (χ2n) is 19.7. The van der Waals surface area contributed by atoms with Crippen molar-refractivity contribution >= 4 is 17.3 Å². The zero-order valence-electron chi connectivity index (χ0n) is 39.3. The van der Waals surface area contributed by atoms with Crippen molar-refractivity contribution in [3.8, 4) is 17.2 Å². The standard InChI is InChI=1S/C48H64N2O17/c1-10-48(58)18-30(64-31-14-24(49(6)7)39(53)20(3)59-31)35-38(43(57)36-37(42(35)56)41(55)34-23(40(36)54)12-11-13-26(34)51)46(48)66-32-15-25(50(8)9)44(21(4)60-32)65-33-17-28-45(22(5)61-33)67-47-29(63-28)16-27(52)19(2)62-47/h11-13,19-22,24-25,28-33,39,44-47,51,53,56-58H,10,14-18H2,1-9H3/t19-,20-,21-,22-,24-,25-,28-,29-,30+,31+,32+,33-,39+,44+,45+,46+,47+,48-/m0/s1. The number of rotatable bonds is 9. The van der Waals surface area contributed by atoms with Crippen molar-refractivity contribution in [1.29, 1.82) is 0 Å². The van der Waals surface area contributed by atoms with Crippen molar-refractivity contribution in [3.63, 3.8) is 0 Å². The number of aromatic hydroxyl groups is 3. The van der Waals surface area contributed by atoms with E-state index in [2.05, 4.69) is 0 Å². The fourth-order valence-corrected chi connectivity index (χ4v) is 11.3. The van der Waals surface area contributed by atoms with Crippen LogP contribution in [0.4, 0.5) is 0 Å². The van der Waals surface area contributed by atoms with Crippen molar-refractivity contribution in [2.75, 3.05) is 28.2 Å². The van der Waals surface area contributed by atoms with Crippen molar-refractivity contribution in [1.82, 2.24) is 9.80 Å². The fourth-order valence-electron chi connectivity index (χ4n) is 11.3. The summed E-state index contributed by atoms with van der Waals surface area (Å²) in [6, 6.07) is 3.25. The molecular formula is C48H64N2O17. The summed E-state index contributed by atoms with van der Waals surface area (Å²) in [5.74, 6) is -3.62. The molecule has 0 bridgehead atoms. The predicted octanol–water partition coefficient (Wildman–Crippen LogP) is 3.11. The molecule has 2 aromatic rings. The minimum absolute atomic E-state index is 0.0377. The van der Waals surface area contributed by atoms with Gasteiger partial charge in [-0.25, -0.2) is 0 Å². The maximum atomic E-state index is 14.3. The number of Topliss-reactive ketones (excluding diaryl/α,β-unsaturated/α-hetero) is 1. The number of ether oxygens (including phenoxy) is 9. The van der Waals surface area contributed by atoms with Crippen LogP contribution in [0.3, 0.4) is 0 Å². The Morgan fingerprint density at radius 3 is 2.03 bits per heavy atom.